The Kier molecular flexibility index (Phi) is 5.01. The van der Waals surface area contributed by atoms with Crippen molar-refractivity contribution in [1.29, 1.82) is 0 Å². The summed E-state index contributed by atoms with van der Waals surface area (Å²) in [5.41, 5.74) is 0.460. The molecule has 0 aromatic carbocycles. The highest BCUT2D eigenvalue weighted by Gasteiger charge is 2.30. The number of hydrogen-bond acceptors (Lipinski definition) is 5. The lowest BCUT2D eigenvalue weighted by molar-refractivity contribution is -0.142. The Labute approximate surface area is 144 Å². The van der Waals surface area contributed by atoms with Crippen LogP contribution in [0.2, 0.25) is 0 Å². The minimum Gasteiger partial charge on any atom is -0.481 e. The molecule has 1 atom stereocenters. The van der Waals surface area contributed by atoms with Gasteiger partial charge >= 0.3 is 5.97 Å². The zero-order valence-electron chi connectivity index (χ0n) is 13.5. The van der Waals surface area contributed by atoms with Crippen LogP contribution in [0.15, 0.2) is 35.1 Å². The number of thiophene rings is 1. The number of carbonyl (C=O) groups is 2. The summed E-state index contributed by atoms with van der Waals surface area (Å²) in [6.45, 7) is 4.61. The molecule has 0 aliphatic carbocycles. The van der Waals surface area contributed by atoms with Gasteiger partial charge in [0, 0.05) is 42.5 Å². The summed E-state index contributed by atoms with van der Waals surface area (Å²) < 4.78 is 4.96. The first-order valence-corrected chi connectivity index (χ1v) is 8.66. The number of nitrogens with zero attached hydrogens (tertiary/aromatic N) is 2. The molecule has 1 aliphatic rings. The SMILES string of the molecule is Cc1ccc(CN2CCN(C(=O)c3ccoc3)C[C@@H](C(=O)O)C2)s1. The van der Waals surface area contributed by atoms with Crippen molar-refractivity contribution >= 4 is 23.2 Å². The van der Waals surface area contributed by atoms with Crippen LogP contribution in [0, 0.1) is 12.8 Å². The lowest BCUT2D eigenvalue weighted by Gasteiger charge is -2.21. The monoisotopic (exact) mass is 348 g/mol. The van der Waals surface area contributed by atoms with E-state index < -0.39 is 11.9 Å². The first-order valence-electron chi connectivity index (χ1n) is 7.85. The molecule has 2 aromatic heterocycles. The molecule has 1 N–H and O–H groups in total. The van der Waals surface area contributed by atoms with Gasteiger partial charge in [0.1, 0.15) is 6.26 Å². The van der Waals surface area contributed by atoms with Crippen LogP contribution < -0.4 is 0 Å². The molecule has 0 radical (unpaired) electrons. The molecule has 0 bridgehead atoms. The maximum absolute atomic E-state index is 12.5. The van der Waals surface area contributed by atoms with Crippen molar-refractivity contribution in [2.75, 3.05) is 26.2 Å². The molecule has 0 spiro atoms. The molecule has 0 saturated carbocycles. The molecule has 2 aromatic rings. The van der Waals surface area contributed by atoms with Gasteiger partial charge in [-0.1, -0.05) is 0 Å². The maximum Gasteiger partial charge on any atom is 0.309 e. The van der Waals surface area contributed by atoms with E-state index in [0.717, 1.165) is 6.54 Å². The predicted octanol–water partition coefficient (Wildman–Crippen LogP) is 2.31. The third kappa shape index (κ3) is 3.85. The van der Waals surface area contributed by atoms with E-state index in [9.17, 15) is 14.7 Å². The fourth-order valence-electron chi connectivity index (χ4n) is 2.92. The van der Waals surface area contributed by atoms with E-state index in [4.69, 9.17) is 4.42 Å². The zero-order chi connectivity index (χ0) is 17.1. The average Bonchev–Trinajstić information content (AvgIpc) is 3.16. The molecular weight excluding hydrogens is 328 g/mol. The van der Waals surface area contributed by atoms with Gasteiger partial charge in [0.05, 0.1) is 17.7 Å². The van der Waals surface area contributed by atoms with E-state index in [-0.39, 0.29) is 12.5 Å². The molecule has 128 valence electrons. The van der Waals surface area contributed by atoms with Crippen LogP contribution in [0.4, 0.5) is 0 Å². The summed E-state index contributed by atoms with van der Waals surface area (Å²) in [7, 11) is 0. The van der Waals surface area contributed by atoms with E-state index in [1.54, 1.807) is 22.3 Å². The number of amides is 1. The van der Waals surface area contributed by atoms with Crippen molar-refractivity contribution in [3.05, 3.63) is 46.0 Å². The van der Waals surface area contributed by atoms with Gasteiger partial charge in [0.2, 0.25) is 0 Å². The standard InChI is InChI=1S/C17H20N2O4S/c1-12-2-3-15(24-12)10-18-5-6-19(9-14(8-18)17(21)22)16(20)13-4-7-23-11-13/h2-4,7,11,14H,5-6,8-10H2,1H3,(H,21,22)/t14-/m0/s1. The van der Waals surface area contributed by atoms with Gasteiger partial charge in [-0.05, 0) is 25.1 Å². The van der Waals surface area contributed by atoms with Gasteiger partial charge in [-0.15, -0.1) is 11.3 Å². The number of carboxylic acids is 1. The van der Waals surface area contributed by atoms with Crippen molar-refractivity contribution in [3.8, 4) is 0 Å². The topological polar surface area (TPSA) is 74.0 Å². The van der Waals surface area contributed by atoms with Gasteiger partial charge in [0.25, 0.3) is 5.91 Å². The van der Waals surface area contributed by atoms with Gasteiger partial charge < -0.3 is 14.4 Å². The maximum atomic E-state index is 12.5. The fraction of sp³-hybridized carbons (Fsp3) is 0.412. The predicted molar refractivity (Wildman–Crippen MR) is 90.1 cm³/mol. The van der Waals surface area contributed by atoms with Crippen molar-refractivity contribution < 1.29 is 19.1 Å². The van der Waals surface area contributed by atoms with E-state index in [2.05, 4.69) is 24.0 Å². The van der Waals surface area contributed by atoms with Gasteiger partial charge in [-0.2, -0.15) is 0 Å². The number of aryl methyl sites for hydroxylation is 1. The Balaban J connectivity index is 1.72. The Hall–Kier alpha value is -2.12. The molecule has 6 nitrogen and oxygen atoms in total. The van der Waals surface area contributed by atoms with E-state index in [0.29, 0.717) is 25.2 Å². The number of hydrogen-bond donors (Lipinski definition) is 1. The van der Waals surface area contributed by atoms with Gasteiger partial charge in [-0.3, -0.25) is 14.5 Å². The van der Waals surface area contributed by atoms with Gasteiger partial charge in [0.15, 0.2) is 0 Å². The van der Waals surface area contributed by atoms with Crippen LogP contribution in [-0.2, 0) is 11.3 Å². The second-order valence-corrected chi connectivity index (χ2v) is 7.42. The number of aliphatic carboxylic acids is 1. The van der Waals surface area contributed by atoms with Crippen molar-refractivity contribution in [2.24, 2.45) is 5.92 Å². The molecule has 1 fully saturated rings. The van der Waals surface area contributed by atoms with E-state index in [1.807, 2.05) is 0 Å². The molecule has 1 amide bonds. The highest BCUT2D eigenvalue weighted by atomic mass is 32.1. The minimum atomic E-state index is -0.866. The third-order valence-corrected chi connectivity index (χ3v) is 5.17. The average molecular weight is 348 g/mol. The minimum absolute atomic E-state index is 0.177. The molecule has 1 aliphatic heterocycles. The molecule has 1 saturated heterocycles. The van der Waals surface area contributed by atoms with Crippen LogP contribution >= 0.6 is 11.3 Å². The third-order valence-electron chi connectivity index (χ3n) is 4.19. The largest absolute Gasteiger partial charge is 0.481 e. The van der Waals surface area contributed by atoms with Crippen molar-refractivity contribution in [3.63, 3.8) is 0 Å². The highest BCUT2D eigenvalue weighted by Crippen LogP contribution is 2.20. The van der Waals surface area contributed by atoms with Crippen LogP contribution in [0.5, 0.6) is 0 Å². The lowest BCUT2D eigenvalue weighted by atomic mass is 10.1. The summed E-state index contributed by atoms with van der Waals surface area (Å²) in [6, 6.07) is 5.76. The van der Waals surface area contributed by atoms with Crippen LogP contribution in [0.3, 0.4) is 0 Å². The second-order valence-electron chi connectivity index (χ2n) is 6.05. The van der Waals surface area contributed by atoms with Crippen LogP contribution in [-0.4, -0.2) is 53.0 Å². The Morgan fingerprint density at radius 3 is 2.75 bits per heavy atom. The number of carbonyl (C=O) groups excluding carboxylic acids is 1. The van der Waals surface area contributed by atoms with Crippen LogP contribution in [0.25, 0.3) is 0 Å². The molecular formula is C17H20N2O4S. The molecule has 24 heavy (non-hydrogen) atoms. The Morgan fingerprint density at radius 1 is 1.29 bits per heavy atom. The Morgan fingerprint density at radius 2 is 2.12 bits per heavy atom. The lowest BCUT2D eigenvalue weighted by Crippen LogP contribution is -2.37. The fourth-order valence-corrected chi connectivity index (χ4v) is 3.86. The smallest absolute Gasteiger partial charge is 0.309 e. The zero-order valence-corrected chi connectivity index (χ0v) is 14.3. The van der Waals surface area contributed by atoms with E-state index >= 15 is 0 Å². The normalized spacial score (nSPS) is 19.2. The summed E-state index contributed by atoms with van der Waals surface area (Å²) in [5, 5.41) is 9.50. The van der Waals surface area contributed by atoms with Crippen LogP contribution in [0.1, 0.15) is 20.1 Å². The molecule has 3 rings (SSSR count). The summed E-state index contributed by atoms with van der Waals surface area (Å²) in [4.78, 5) is 30.3. The molecule has 3 heterocycles. The van der Waals surface area contributed by atoms with Crippen molar-refractivity contribution in [2.45, 2.75) is 13.5 Å². The van der Waals surface area contributed by atoms with Crippen molar-refractivity contribution in [1.82, 2.24) is 9.80 Å². The molecule has 7 heteroatoms. The van der Waals surface area contributed by atoms with Gasteiger partial charge in [-0.25, -0.2) is 0 Å². The quantitative estimate of drug-likeness (QED) is 0.918. The number of rotatable bonds is 4. The Bertz CT molecular complexity index is 710. The second kappa shape index (κ2) is 7.19. The summed E-state index contributed by atoms with van der Waals surface area (Å²) in [5.74, 6) is -1.64. The summed E-state index contributed by atoms with van der Waals surface area (Å²) >= 11 is 1.72. The number of furan rings is 1. The molecule has 0 unspecified atom stereocenters. The number of carboxylic acid groups (broad SMARTS) is 1. The highest BCUT2D eigenvalue weighted by molar-refractivity contribution is 7.11. The first-order chi connectivity index (χ1) is 11.5. The van der Waals surface area contributed by atoms with E-state index in [1.165, 1.54) is 22.3 Å². The first kappa shape index (κ1) is 16.7. The summed E-state index contributed by atoms with van der Waals surface area (Å²) in [6.07, 6.45) is 2.85.